The number of hydrogen-bond donors (Lipinski definition) is 1. The first-order chi connectivity index (χ1) is 8.37. The Morgan fingerprint density at radius 2 is 1.94 bits per heavy atom. The third-order valence-electron chi connectivity index (χ3n) is 4.05. The Morgan fingerprint density at radius 1 is 1.33 bits per heavy atom. The van der Waals surface area contributed by atoms with Crippen LogP contribution in [0.2, 0.25) is 0 Å². The second-order valence-corrected chi connectivity index (χ2v) is 6.43. The van der Waals surface area contributed by atoms with E-state index in [2.05, 4.69) is 0 Å². The van der Waals surface area contributed by atoms with Crippen LogP contribution in [0.5, 0.6) is 0 Å². The van der Waals surface area contributed by atoms with Crippen LogP contribution in [0, 0.1) is 5.41 Å². The van der Waals surface area contributed by atoms with Crippen LogP contribution in [0.25, 0.3) is 0 Å². The lowest BCUT2D eigenvalue weighted by molar-refractivity contribution is -0.152. The van der Waals surface area contributed by atoms with Gasteiger partial charge in [0, 0.05) is 13.1 Å². The summed E-state index contributed by atoms with van der Waals surface area (Å²) in [7, 11) is 0. The molecule has 0 aromatic heterocycles. The number of carbonyl (C=O) groups excluding carboxylic acids is 1. The average Bonchev–Trinajstić information content (AvgIpc) is 2.76. The molecule has 1 saturated heterocycles. The van der Waals surface area contributed by atoms with E-state index < -0.39 is 5.41 Å². The number of nitrogens with zero attached hydrogens (tertiary/aromatic N) is 1. The van der Waals surface area contributed by atoms with Gasteiger partial charge in [-0.2, -0.15) is 0 Å². The Labute approximate surface area is 114 Å². The molecule has 4 nitrogen and oxygen atoms in total. The molecular formula is C13H22N2O2S. The lowest BCUT2D eigenvalue weighted by atomic mass is 9.84. The number of hydrogen-bond acceptors (Lipinski definition) is 3. The van der Waals surface area contributed by atoms with Gasteiger partial charge in [-0.25, -0.2) is 0 Å². The largest absolute Gasteiger partial charge is 0.392 e. The fourth-order valence-electron chi connectivity index (χ4n) is 3.04. The van der Waals surface area contributed by atoms with Crippen molar-refractivity contribution < 1.29 is 9.53 Å². The van der Waals surface area contributed by atoms with E-state index in [0.29, 0.717) is 24.7 Å². The molecule has 0 aromatic rings. The zero-order valence-electron chi connectivity index (χ0n) is 11.2. The minimum absolute atomic E-state index is 0.115. The number of carbonyl (C=O) groups is 1. The van der Waals surface area contributed by atoms with E-state index in [9.17, 15) is 4.79 Å². The third-order valence-corrected chi connectivity index (χ3v) is 4.44. The standard InChI is InChI=1S/C13H22N2O2S/c1-12(2)9-15(7-8-17-12)11(16)13(10(14)18)5-3-4-6-13/h3-9H2,1-2H3,(H2,14,18). The van der Waals surface area contributed by atoms with Crippen molar-refractivity contribution >= 4 is 23.1 Å². The number of rotatable bonds is 2. The van der Waals surface area contributed by atoms with Crippen LogP contribution in [0.4, 0.5) is 0 Å². The van der Waals surface area contributed by atoms with Gasteiger partial charge in [-0.3, -0.25) is 4.79 Å². The van der Waals surface area contributed by atoms with E-state index >= 15 is 0 Å². The minimum Gasteiger partial charge on any atom is -0.392 e. The summed E-state index contributed by atoms with van der Waals surface area (Å²) in [6.45, 7) is 5.87. The summed E-state index contributed by atoms with van der Waals surface area (Å²) in [5.74, 6) is 0.115. The SMILES string of the molecule is CC1(C)CN(C(=O)C2(C(N)=S)CCCC2)CCO1. The molecule has 0 radical (unpaired) electrons. The second kappa shape index (κ2) is 4.78. The first-order valence-electron chi connectivity index (χ1n) is 6.61. The molecule has 2 fully saturated rings. The normalized spacial score (nSPS) is 26.0. The van der Waals surface area contributed by atoms with E-state index in [4.69, 9.17) is 22.7 Å². The molecule has 0 aromatic carbocycles. The van der Waals surface area contributed by atoms with E-state index in [1.54, 1.807) is 0 Å². The molecule has 0 atom stereocenters. The van der Waals surface area contributed by atoms with Crippen LogP contribution in [-0.2, 0) is 9.53 Å². The van der Waals surface area contributed by atoms with Crippen molar-refractivity contribution in [3.8, 4) is 0 Å². The summed E-state index contributed by atoms with van der Waals surface area (Å²) < 4.78 is 5.64. The topological polar surface area (TPSA) is 55.6 Å². The van der Waals surface area contributed by atoms with Crippen LogP contribution in [0.1, 0.15) is 39.5 Å². The van der Waals surface area contributed by atoms with Crippen LogP contribution in [0.15, 0.2) is 0 Å². The van der Waals surface area contributed by atoms with Crippen molar-refractivity contribution in [1.29, 1.82) is 0 Å². The van der Waals surface area contributed by atoms with Gasteiger partial charge >= 0.3 is 0 Å². The molecular weight excluding hydrogens is 248 g/mol. The number of amides is 1. The van der Waals surface area contributed by atoms with Crippen molar-refractivity contribution in [2.75, 3.05) is 19.7 Å². The highest BCUT2D eigenvalue weighted by Gasteiger charge is 2.47. The average molecular weight is 270 g/mol. The lowest BCUT2D eigenvalue weighted by Gasteiger charge is -2.42. The molecule has 1 saturated carbocycles. The summed E-state index contributed by atoms with van der Waals surface area (Å²) in [4.78, 5) is 15.0. The smallest absolute Gasteiger partial charge is 0.235 e. The number of thiocarbonyl (C=S) groups is 1. The zero-order chi connectivity index (χ0) is 13.4. The highest BCUT2D eigenvalue weighted by molar-refractivity contribution is 7.80. The number of nitrogens with two attached hydrogens (primary N) is 1. The van der Waals surface area contributed by atoms with Crippen molar-refractivity contribution in [1.82, 2.24) is 4.90 Å². The summed E-state index contributed by atoms with van der Waals surface area (Å²) in [6, 6.07) is 0. The predicted octanol–water partition coefficient (Wildman–Crippen LogP) is 1.47. The maximum atomic E-state index is 12.8. The molecule has 2 rings (SSSR count). The first kappa shape index (κ1) is 13.7. The van der Waals surface area contributed by atoms with Gasteiger partial charge < -0.3 is 15.4 Å². The van der Waals surface area contributed by atoms with Gasteiger partial charge in [-0.15, -0.1) is 0 Å². The van der Waals surface area contributed by atoms with E-state index in [1.165, 1.54) is 0 Å². The van der Waals surface area contributed by atoms with Gasteiger partial charge in [0.05, 0.1) is 22.6 Å². The quantitative estimate of drug-likeness (QED) is 0.772. The van der Waals surface area contributed by atoms with Gasteiger partial charge in [-0.05, 0) is 26.7 Å². The van der Waals surface area contributed by atoms with Crippen molar-refractivity contribution in [2.45, 2.75) is 45.1 Å². The van der Waals surface area contributed by atoms with Gasteiger partial charge in [0.1, 0.15) is 0 Å². The van der Waals surface area contributed by atoms with Crippen molar-refractivity contribution in [3.63, 3.8) is 0 Å². The summed E-state index contributed by atoms with van der Waals surface area (Å²) >= 11 is 5.17. The summed E-state index contributed by atoms with van der Waals surface area (Å²) in [5, 5.41) is 0. The molecule has 2 aliphatic rings. The highest BCUT2D eigenvalue weighted by atomic mass is 32.1. The monoisotopic (exact) mass is 270 g/mol. The molecule has 18 heavy (non-hydrogen) atoms. The highest BCUT2D eigenvalue weighted by Crippen LogP contribution is 2.40. The predicted molar refractivity (Wildman–Crippen MR) is 74.3 cm³/mol. The molecule has 0 bridgehead atoms. The second-order valence-electron chi connectivity index (χ2n) is 5.99. The molecule has 1 aliphatic heterocycles. The summed E-state index contributed by atoms with van der Waals surface area (Å²) in [6.07, 6.45) is 3.69. The summed E-state index contributed by atoms with van der Waals surface area (Å²) in [5.41, 5.74) is 5.01. The van der Waals surface area contributed by atoms with E-state index in [-0.39, 0.29) is 11.5 Å². The van der Waals surface area contributed by atoms with Gasteiger partial charge in [0.15, 0.2) is 0 Å². The molecule has 0 spiro atoms. The Bertz CT molecular complexity index is 362. The molecule has 0 unspecified atom stereocenters. The molecule has 5 heteroatoms. The Kier molecular flexibility index (Phi) is 3.65. The first-order valence-corrected chi connectivity index (χ1v) is 7.01. The fraction of sp³-hybridized carbons (Fsp3) is 0.846. The maximum Gasteiger partial charge on any atom is 0.235 e. The number of ether oxygens (including phenoxy) is 1. The maximum absolute atomic E-state index is 12.8. The Balaban J connectivity index is 2.17. The van der Waals surface area contributed by atoms with E-state index in [0.717, 1.165) is 25.7 Å². The van der Waals surface area contributed by atoms with Gasteiger partial charge in [0.2, 0.25) is 5.91 Å². The van der Waals surface area contributed by atoms with Crippen LogP contribution in [-0.4, -0.2) is 41.1 Å². The molecule has 1 heterocycles. The minimum atomic E-state index is -0.581. The van der Waals surface area contributed by atoms with E-state index in [1.807, 2.05) is 18.7 Å². The lowest BCUT2D eigenvalue weighted by Crippen LogP contribution is -2.56. The van der Waals surface area contributed by atoms with Crippen LogP contribution >= 0.6 is 12.2 Å². The third kappa shape index (κ3) is 2.38. The Morgan fingerprint density at radius 3 is 2.44 bits per heavy atom. The fourth-order valence-corrected chi connectivity index (χ4v) is 3.33. The van der Waals surface area contributed by atoms with Gasteiger partial charge in [0.25, 0.3) is 0 Å². The molecule has 102 valence electrons. The number of morpholine rings is 1. The molecule has 1 amide bonds. The molecule has 1 aliphatic carbocycles. The van der Waals surface area contributed by atoms with Crippen LogP contribution < -0.4 is 5.73 Å². The van der Waals surface area contributed by atoms with Crippen LogP contribution in [0.3, 0.4) is 0 Å². The molecule has 2 N–H and O–H groups in total. The van der Waals surface area contributed by atoms with Gasteiger partial charge in [-0.1, -0.05) is 25.1 Å². The zero-order valence-corrected chi connectivity index (χ0v) is 12.0. The van der Waals surface area contributed by atoms with Crippen molar-refractivity contribution in [2.24, 2.45) is 11.1 Å². The van der Waals surface area contributed by atoms with Crippen molar-refractivity contribution in [3.05, 3.63) is 0 Å². The Hall–Kier alpha value is -0.680.